The van der Waals surface area contributed by atoms with Crippen LogP contribution in [-0.4, -0.2) is 39.5 Å². The molecule has 0 saturated heterocycles. The second-order valence-electron chi connectivity index (χ2n) is 3.97. The zero-order valence-electron chi connectivity index (χ0n) is 11.4. The van der Waals surface area contributed by atoms with Gasteiger partial charge < -0.3 is 19.5 Å². The van der Waals surface area contributed by atoms with E-state index < -0.39 is 0 Å². The van der Waals surface area contributed by atoms with Gasteiger partial charge in [-0.25, -0.2) is 0 Å². The molecule has 18 heavy (non-hydrogen) atoms. The highest BCUT2D eigenvalue weighted by atomic mass is 16.5. The van der Waals surface area contributed by atoms with Crippen molar-refractivity contribution >= 4 is 0 Å². The van der Waals surface area contributed by atoms with Gasteiger partial charge in [0.05, 0.1) is 19.3 Å². The molecule has 0 aromatic heterocycles. The van der Waals surface area contributed by atoms with Gasteiger partial charge in [-0.15, -0.1) is 0 Å². The molecule has 0 amide bonds. The predicted molar refractivity (Wildman–Crippen MR) is 72.4 cm³/mol. The fraction of sp³-hybridized carbons (Fsp3) is 0.571. The molecule has 0 heterocycles. The summed E-state index contributed by atoms with van der Waals surface area (Å²) in [6, 6.07) is 7.68. The number of rotatable bonds is 9. The molecule has 0 aliphatic carbocycles. The minimum absolute atomic E-state index is 0.195. The van der Waals surface area contributed by atoms with Gasteiger partial charge in [-0.3, -0.25) is 0 Å². The number of hydrogen-bond acceptors (Lipinski definition) is 4. The highest BCUT2D eigenvalue weighted by Gasteiger charge is 2.04. The molecule has 0 spiro atoms. The summed E-state index contributed by atoms with van der Waals surface area (Å²) in [6.45, 7) is 6.57. The van der Waals surface area contributed by atoms with Crippen molar-refractivity contribution in [2.75, 3.05) is 33.4 Å². The summed E-state index contributed by atoms with van der Waals surface area (Å²) in [5, 5.41) is 3.07. The van der Waals surface area contributed by atoms with E-state index >= 15 is 0 Å². The minimum atomic E-state index is 0.195. The average Bonchev–Trinajstić information content (AvgIpc) is 2.37. The lowest BCUT2D eigenvalue weighted by Crippen LogP contribution is -2.25. The summed E-state index contributed by atoms with van der Waals surface area (Å²) in [7, 11) is 1.91. The van der Waals surface area contributed by atoms with Gasteiger partial charge in [0.15, 0.2) is 11.5 Å². The Kier molecular flexibility index (Phi) is 7.22. The van der Waals surface area contributed by atoms with Crippen LogP contribution < -0.4 is 14.8 Å². The normalized spacial score (nSPS) is 12.2. The van der Waals surface area contributed by atoms with Crippen LogP contribution in [0.3, 0.4) is 0 Å². The fourth-order valence-electron chi connectivity index (χ4n) is 1.59. The molecule has 1 aromatic carbocycles. The molecule has 1 rings (SSSR count). The van der Waals surface area contributed by atoms with Crippen LogP contribution in [0.2, 0.25) is 0 Å². The molecule has 1 atom stereocenters. The van der Waals surface area contributed by atoms with Crippen LogP contribution in [0.5, 0.6) is 11.5 Å². The van der Waals surface area contributed by atoms with E-state index in [-0.39, 0.29) is 6.10 Å². The Morgan fingerprint density at radius 2 is 1.78 bits per heavy atom. The SMILES string of the molecule is CCOc1ccccc1OCCOC(C)CNC. The van der Waals surface area contributed by atoms with E-state index in [0.29, 0.717) is 19.8 Å². The molecule has 0 aliphatic rings. The molecule has 1 aromatic rings. The Bertz CT molecular complexity index is 331. The second kappa shape index (κ2) is 8.78. The third-order valence-electron chi connectivity index (χ3n) is 2.38. The quantitative estimate of drug-likeness (QED) is 0.684. The maximum absolute atomic E-state index is 5.65. The van der Waals surface area contributed by atoms with Gasteiger partial charge in [0.1, 0.15) is 6.61 Å². The first-order chi connectivity index (χ1) is 8.77. The van der Waals surface area contributed by atoms with E-state index in [9.17, 15) is 0 Å². The van der Waals surface area contributed by atoms with E-state index in [4.69, 9.17) is 14.2 Å². The molecule has 4 heteroatoms. The topological polar surface area (TPSA) is 39.7 Å². The third kappa shape index (κ3) is 5.38. The van der Waals surface area contributed by atoms with Crippen molar-refractivity contribution in [3.8, 4) is 11.5 Å². The lowest BCUT2D eigenvalue weighted by Gasteiger charge is -2.14. The minimum Gasteiger partial charge on any atom is -0.490 e. The molecule has 0 bridgehead atoms. The molecule has 1 N–H and O–H groups in total. The average molecular weight is 253 g/mol. The lowest BCUT2D eigenvalue weighted by molar-refractivity contribution is 0.0452. The van der Waals surface area contributed by atoms with E-state index in [1.807, 2.05) is 45.2 Å². The van der Waals surface area contributed by atoms with Gasteiger partial charge in [-0.1, -0.05) is 12.1 Å². The van der Waals surface area contributed by atoms with Gasteiger partial charge in [0.2, 0.25) is 0 Å². The fourth-order valence-corrected chi connectivity index (χ4v) is 1.59. The van der Waals surface area contributed by atoms with Crippen molar-refractivity contribution in [3.05, 3.63) is 24.3 Å². The van der Waals surface area contributed by atoms with Crippen LogP contribution in [0, 0.1) is 0 Å². The molecule has 0 radical (unpaired) electrons. The summed E-state index contributed by atoms with van der Waals surface area (Å²) >= 11 is 0. The summed E-state index contributed by atoms with van der Waals surface area (Å²) in [5.41, 5.74) is 0. The van der Waals surface area contributed by atoms with Gasteiger partial charge in [-0.2, -0.15) is 0 Å². The first-order valence-electron chi connectivity index (χ1n) is 6.38. The standard InChI is InChI=1S/C14H23NO3/c1-4-16-13-7-5-6-8-14(13)18-10-9-17-12(2)11-15-3/h5-8,12,15H,4,9-11H2,1-3H3. The number of benzene rings is 1. The number of nitrogens with one attached hydrogen (secondary N) is 1. The maximum atomic E-state index is 5.65. The van der Waals surface area contributed by atoms with Crippen molar-refractivity contribution in [1.82, 2.24) is 5.32 Å². The number of ether oxygens (including phenoxy) is 3. The van der Waals surface area contributed by atoms with Crippen molar-refractivity contribution < 1.29 is 14.2 Å². The predicted octanol–water partition coefficient (Wildman–Crippen LogP) is 2.09. The number of para-hydroxylation sites is 2. The van der Waals surface area contributed by atoms with Crippen LogP contribution in [-0.2, 0) is 4.74 Å². The third-order valence-corrected chi connectivity index (χ3v) is 2.38. The van der Waals surface area contributed by atoms with E-state index in [0.717, 1.165) is 18.0 Å². The Morgan fingerprint density at radius 3 is 2.39 bits per heavy atom. The Hall–Kier alpha value is -1.26. The Morgan fingerprint density at radius 1 is 1.11 bits per heavy atom. The van der Waals surface area contributed by atoms with E-state index in [2.05, 4.69) is 5.32 Å². The lowest BCUT2D eigenvalue weighted by atomic mass is 10.3. The van der Waals surface area contributed by atoms with Gasteiger partial charge >= 0.3 is 0 Å². The first kappa shape index (κ1) is 14.8. The molecule has 0 aliphatic heterocycles. The zero-order valence-corrected chi connectivity index (χ0v) is 11.4. The number of likely N-dealkylation sites (N-methyl/N-ethyl adjacent to an activating group) is 1. The highest BCUT2D eigenvalue weighted by molar-refractivity contribution is 5.39. The zero-order chi connectivity index (χ0) is 13.2. The monoisotopic (exact) mass is 253 g/mol. The van der Waals surface area contributed by atoms with Crippen molar-refractivity contribution in [1.29, 1.82) is 0 Å². The van der Waals surface area contributed by atoms with Crippen LogP contribution in [0.4, 0.5) is 0 Å². The Balaban J connectivity index is 2.30. The van der Waals surface area contributed by atoms with Gasteiger partial charge in [0, 0.05) is 6.54 Å². The molecule has 0 saturated carbocycles. The summed E-state index contributed by atoms with van der Waals surface area (Å²) in [4.78, 5) is 0. The van der Waals surface area contributed by atoms with Crippen molar-refractivity contribution in [3.63, 3.8) is 0 Å². The van der Waals surface area contributed by atoms with Gasteiger partial charge in [-0.05, 0) is 33.0 Å². The smallest absolute Gasteiger partial charge is 0.161 e. The van der Waals surface area contributed by atoms with Crippen LogP contribution in [0.25, 0.3) is 0 Å². The van der Waals surface area contributed by atoms with Crippen molar-refractivity contribution in [2.24, 2.45) is 0 Å². The van der Waals surface area contributed by atoms with Crippen LogP contribution in [0.15, 0.2) is 24.3 Å². The van der Waals surface area contributed by atoms with E-state index in [1.54, 1.807) is 0 Å². The maximum Gasteiger partial charge on any atom is 0.161 e. The first-order valence-corrected chi connectivity index (χ1v) is 6.38. The summed E-state index contributed by atoms with van der Waals surface area (Å²) < 4.78 is 16.7. The van der Waals surface area contributed by atoms with Crippen LogP contribution >= 0.6 is 0 Å². The number of hydrogen-bond donors (Lipinski definition) is 1. The molecule has 1 unspecified atom stereocenters. The van der Waals surface area contributed by atoms with Gasteiger partial charge in [0.25, 0.3) is 0 Å². The summed E-state index contributed by atoms with van der Waals surface area (Å²) in [5.74, 6) is 1.55. The molecule has 102 valence electrons. The summed E-state index contributed by atoms with van der Waals surface area (Å²) in [6.07, 6.45) is 0.195. The molecule has 4 nitrogen and oxygen atoms in total. The second-order valence-corrected chi connectivity index (χ2v) is 3.97. The van der Waals surface area contributed by atoms with Crippen LogP contribution in [0.1, 0.15) is 13.8 Å². The van der Waals surface area contributed by atoms with Crippen molar-refractivity contribution in [2.45, 2.75) is 20.0 Å². The molecular weight excluding hydrogens is 230 g/mol. The van der Waals surface area contributed by atoms with E-state index in [1.165, 1.54) is 0 Å². The molecule has 0 fully saturated rings. The largest absolute Gasteiger partial charge is 0.490 e. The molecular formula is C14H23NO3. The Labute approximate surface area is 109 Å². The highest BCUT2D eigenvalue weighted by Crippen LogP contribution is 2.26.